The molecule has 2 N–H and O–H groups in total. The van der Waals surface area contributed by atoms with Crippen LogP contribution in [0.2, 0.25) is 0 Å². The van der Waals surface area contributed by atoms with Gasteiger partial charge >= 0.3 is 11.9 Å². The fourth-order valence-electron chi connectivity index (χ4n) is 8.08. The first-order chi connectivity index (χ1) is 27.8. The summed E-state index contributed by atoms with van der Waals surface area (Å²) in [6, 6.07) is 0.360. The molecular formula is C50H99NO6. The highest BCUT2D eigenvalue weighted by atomic mass is 16.5. The summed E-state index contributed by atoms with van der Waals surface area (Å²) in [6.45, 7) is 13.0. The number of aliphatic hydroxyl groups is 2. The van der Waals surface area contributed by atoms with Crippen LogP contribution in [0.1, 0.15) is 266 Å². The number of ether oxygens (including phenoxy) is 2. The van der Waals surface area contributed by atoms with Crippen molar-refractivity contribution in [3.8, 4) is 0 Å². The molecule has 7 nitrogen and oxygen atoms in total. The second kappa shape index (κ2) is 42.9. The van der Waals surface area contributed by atoms with E-state index in [1.54, 1.807) is 0 Å². The van der Waals surface area contributed by atoms with E-state index in [4.69, 9.17) is 9.47 Å². The Morgan fingerprint density at radius 1 is 0.474 bits per heavy atom. The van der Waals surface area contributed by atoms with Crippen LogP contribution in [-0.4, -0.2) is 71.1 Å². The zero-order chi connectivity index (χ0) is 42.0. The summed E-state index contributed by atoms with van der Waals surface area (Å²) in [5, 5.41) is 20.3. The molecule has 340 valence electrons. The summed E-state index contributed by atoms with van der Waals surface area (Å²) in [5.74, 6) is -0.0693. The van der Waals surface area contributed by atoms with E-state index in [9.17, 15) is 19.8 Å². The lowest BCUT2D eigenvalue weighted by molar-refractivity contribution is -0.150. The normalized spacial score (nSPS) is 13.4. The number of rotatable bonds is 45. The molecule has 0 bridgehead atoms. The Morgan fingerprint density at radius 3 is 1.35 bits per heavy atom. The molecule has 0 aromatic carbocycles. The number of aliphatic hydroxyl groups excluding tert-OH is 2. The Kier molecular flexibility index (Phi) is 42.0. The van der Waals surface area contributed by atoms with Crippen LogP contribution in [0.25, 0.3) is 0 Å². The van der Waals surface area contributed by atoms with E-state index in [1.807, 2.05) is 0 Å². The molecule has 0 aromatic rings. The number of carbonyl (C=O) groups is 2. The van der Waals surface area contributed by atoms with Crippen molar-refractivity contribution in [2.45, 2.75) is 290 Å². The lowest BCUT2D eigenvalue weighted by atomic mass is 10.0. The van der Waals surface area contributed by atoms with Gasteiger partial charge in [-0.2, -0.15) is 0 Å². The summed E-state index contributed by atoms with van der Waals surface area (Å²) in [6.07, 6.45) is 39.0. The van der Waals surface area contributed by atoms with Gasteiger partial charge in [-0.1, -0.05) is 156 Å². The lowest BCUT2D eigenvalue weighted by Gasteiger charge is -2.31. The van der Waals surface area contributed by atoms with Crippen LogP contribution >= 0.6 is 0 Å². The van der Waals surface area contributed by atoms with E-state index in [1.165, 1.54) is 109 Å². The van der Waals surface area contributed by atoms with Crippen molar-refractivity contribution in [3.05, 3.63) is 0 Å². The van der Waals surface area contributed by atoms with E-state index in [-0.39, 0.29) is 36.9 Å². The Labute approximate surface area is 355 Å². The topological polar surface area (TPSA) is 96.3 Å². The van der Waals surface area contributed by atoms with Crippen molar-refractivity contribution in [2.75, 3.05) is 19.7 Å². The van der Waals surface area contributed by atoms with Crippen LogP contribution < -0.4 is 0 Å². The monoisotopic (exact) mass is 810 g/mol. The number of hydrogen-bond acceptors (Lipinski definition) is 7. The molecule has 57 heavy (non-hydrogen) atoms. The predicted molar refractivity (Wildman–Crippen MR) is 243 cm³/mol. The Hall–Kier alpha value is -1.18. The SMILES string of the molecule is CCCCCCCCC(CC)OC(=O)CCCCC[C@@H](O)CN(CCCCCCCC(=O)OC(CCCCCCCC)CCCCCCCC)C(C)CCCCO. The van der Waals surface area contributed by atoms with Gasteiger partial charge in [0.1, 0.15) is 12.2 Å². The van der Waals surface area contributed by atoms with E-state index < -0.39 is 0 Å². The van der Waals surface area contributed by atoms with E-state index in [0.29, 0.717) is 25.4 Å². The van der Waals surface area contributed by atoms with E-state index in [0.717, 1.165) is 116 Å². The Morgan fingerprint density at radius 2 is 0.860 bits per heavy atom. The van der Waals surface area contributed by atoms with Gasteiger partial charge in [-0.15, -0.1) is 0 Å². The van der Waals surface area contributed by atoms with Gasteiger partial charge in [-0.05, 0) is 103 Å². The molecule has 3 atom stereocenters. The maximum Gasteiger partial charge on any atom is 0.306 e. The van der Waals surface area contributed by atoms with Crippen molar-refractivity contribution in [3.63, 3.8) is 0 Å². The minimum atomic E-state index is -0.379. The van der Waals surface area contributed by atoms with Gasteiger partial charge in [0.05, 0.1) is 6.10 Å². The van der Waals surface area contributed by atoms with E-state index >= 15 is 0 Å². The first-order valence-electron chi connectivity index (χ1n) is 25.2. The quantitative estimate of drug-likeness (QED) is 0.0467. The molecule has 0 radical (unpaired) electrons. The number of esters is 2. The molecule has 0 aliphatic carbocycles. The molecule has 0 spiro atoms. The highest BCUT2D eigenvalue weighted by Gasteiger charge is 2.19. The fraction of sp³-hybridized carbons (Fsp3) is 0.960. The molecule has 0 rings (SSSR count). The van der Waals surface area contributed by atoms with Gasteiger partial charge in [0.2, 0.25) is 0 Å². The largest absolute Gasteiger partial charge is 0.462 e. The third-order valence-corrected chi connectivity index (χ3v) is 12.0. The third kappa shape index (κ3) is 37.6. The number of carbonyl (C=O) groups excluding carboxylic acids is 2. The van der Waals surface area contributed by atoms with Crippen LogP contribution in [0.15, 0.2) is 0 Å². The van der Waals surface area contributed by atoms with Crippen LogP contribution in [-0.2, 0) is 19.1 Å². The maximum absolute atomic E-state index is 12.8. The molecule has 0 saturated carbocycles. The number of hydrogen-bond donors (Lipinski definition) is 2. The molecule has 0 heterocycles. The predicted octanol–water partition coefficient (Wildman–Crippen LogP) is 14.0. The maximum atomic E-state index is 12.8. The molecule has 0 aliphatic rings. The molecule has 2 unspecified atom stereocenters. The van der Waals surface area contributed by atoms with Gasteiger partial charge in [0.25, 0.3) is 0 Å². The smallest absolute Gasteiger partial charge is 0.306 e. The van der Waals surface area contributed by atoms with Gasteiger partial charge in [-0.25, -0.2) is 0 Å². The molecule has 0 saturated heterocycles. The minimum absolute atomic E-state index is 0.00213. The van der Waals surface area contributed by atoms with Crippen LogP contribution in [0, 0.1) is 0 Å². The minimum Gasteiger partial charge on any atom is -0.462 e. The second-order valence-corrected chi connectivity index (χ2v) is 17.6. The second-order valence-electron chi connectivity index (χ2n) is 17.6. The standard InChI is InChI=1S/C50H99NO6/c1-6-10-13-16-20-27-37-47(9-4)56-49(54)41-31-25-26-36-46(53)44-51(45(5)35-32-34-43-52)42-33-24-19-23-30-40-50(55)57-48(38-28-21-17-14-11-7-2)39-29-22-18-15-12-8-3/h45-48,52-53H,6-44H2,1-5H3/t45?,46-,47?/m1/s1. The number of nitrogens with zero attached hydrogens (tertiary/aromatic N) is 1. The Balaban J connectivity index is 4.49. The van der Waals surface area contributed by atoms with E-state index in [2.05, 4.69) is 39.5 Å². The Bertz CT molecular complexity index is 839. The van der Waals surface area contributed by atoms with Gasteiger partial charge in [0.15, 0.2) is 0 Å². The highest BCUT2D eigenvalue weighted by Crippen LogP contribution is 2.20. The third-order valence-electron chi connectivity index (χ3n) is 12.0. The molecule has 0 fully saturated rings. The van der Waals surface area contributed by atoms with Crippen molar-refractivity contribution >= 4 is 11.9 Å². The first kappa shape index (κ1) is 55.8. The van der Waals surface area contributed by atoms with Crippen molar-refractivity contribution in [2.24, 2.45) is 0 Å². The van der Waals surface area contributed by atoms with Gasteiger partial charge in [0, 0.05) is 32.0 Å². The molecular weight excluding hydrogens is 711 g/mol. The average Bonchev–Trinajstić information content (AvgIpc) is 3.20. The summed E-state index contributed by atoms with van der Waals surface area (Å²) < 4.78 is 11.8. The van der Waals surface area contributed by atoms with Crippen molar-refractivity contribution in [1.82, 2.24) is 4.90 Å². The summed E-state index contributed by atoms with van der Waals surface area (Å²) >= 11 is 0. The lowest BCUT2D eigenvalue weighted by Crippen LogP contribution is -2.39. The first-order valence-corrected chi connectivity index (χ1v) is 25.2. The van der Waals surface area contributed by atoms with Crippen LogP contribution in [0.3, 0.4) is 0 Å². The van der Waals surface area contributed by atoms with Crippen molar-refractivity contribution in [1.29, 1.82) is 0 Å². The molecule has 0 aromatic heterocycles. The summed E-state index contributed by atoms with van der Waals surface area (Å²) in [7, 11) is 0. The summed E-state index contributed by atoms with van der Waals surface area (Å²) in [5.41, 5.74) is 0. The van der Waals surface area contributed by atoms with Gasteiger partial charge < -0.3 is 19.7 Å². The highest BCUT2D eigenvalue weighted by molar-refractivity contribution is 5.69. The van der Waals surface area contributed by atoms with Crippen LogP contribution in [0.5, 0.6) is 0 Å². The fourth-order valence-corrected chi connectivity index (χ4v) is 8.08. The molecule has 0 amide bonds. The average molecular weight is 810 g/mol. The van der Waals surface area contributed by atoms with Crippen LogP contribution in [0.4, 0.5) is 0 Å². The van der Waals surface area contributed by atoms with Crippen molar-refractivity contribution < 1.29 is 29.3 Å². The van der Waals surface area contributed by atoms with Gasteiger partial charge in [-0.3, -0.25) is 14.5 Å². The summed E-state index contributed by atoms with van der Waals surface area (Å²) in [4.78, 5) is 27.8. The number of unbranched alkanes of at least 4 members (excludes halogenated alkanes) is 22. The molecule has 0 aliphatic heterocycles. The molecule has 7 heteroatoms. The zero-order valence-corrected chi connectivity index (χ0v) is 38.9. The zero-order valence-electron chi connectivity index (χ0n) is 38.9.